The van der Waals surface area contributed by atoms with Gasteiger partial charge in [0.15, 0.2) is 5.16 Å². The normalized spacial score (nSPS) is 12.1. The number of rotatable bonds is 7. The smallest absolute Gasteiger partial charge is 0.262 e. The van der Waals surface area contributed by atoms with Gasteiger partial charge in [-0.25, -0.2) is 4.98 Å². The number of carbonyl (C=O) groups is 1. The van der Waals surface area contributed by atoms with Gasteiger partial charge >= 0.3 is 0 Å². The van der Waals surface area contributed by atoms with E-state index in [0.717, 1.165) is 11.1 Å². The molecular formula is C24H23N3O2S2. The van der Waals surface area contributed by atoms with Crippen molar-refractivity contribution in [3.05, 3.63) is 92.9 Å². The Labute approximate surface area is 189 Å². The lowest BCUT2D eigenvalue weighted by Gasteiger charge is -2.21. The average Bonchev–Trinajstić information content (AvgIpc) is 3.31. The van der Waals surface area contributed by atoms with Gasteiger partial charge in [0.25, 0.3) is 5.56 Å². The molecule has 2 heterocycles. The summed E-state index contributed by atoms with van der Waals surface area (Å²) in [5, 5.41) is 5.18. The van der Waals surface area contributed by atoms with Gasteiger partial charge in [0, 0.05) is 13.6 Å². The van der Waals surface area contributed by atoms with Crippen molar-refractivity contribution < 1.29 is 4.79 Å². The first-order chi connectivity index (χ1) is 15.0. The van der Waals surface area contributed by atoms with E-state index in [1.165, 1.54) is 11.8 Å². The fraction of sp³-hybridized carbons (Fsp3) is 0.208. The molecule has 5 nitrogen and oxygen atoms in total. The van der Waals surface area contributed by atoms with Crippen molar-refractivity contribution in [2.75, 3.05) is 12.8 Å². The molecule has 7 heteroatoms. The molecule has 158 valence electrons. The molecule has 0 saturated heterocycles. The number of thioether (sulfide) groups is 1. The lowest BCUT2D eigenvalue weighted by molar-refractivity contribution is -0.127. The standard InChI is InChI=1S/C24H23N3O2S2/c1-17(19-8-4-3-5-9-19)27-23(29)20-10-6-7-11-21(20)25-24(27)31-16-22(28)26(2)14-18-12-13-30-15-18/h3-13,15,17H,14,16H2,1-2H3/t17-/m1/s1. The van der Waals surface area contributed by atoms with Gasteiger partial charge in [0.2, 0.25) is 5.91 Å². The first-order valence-electron chi connectivity index (χ1n) is 9.98. The Kier molecular flexibility index (Phi) is 6.53. The van der Waals surface area contributed by atoms with E-state index < -0.39 is 0 Å². The summed E-state index contributed by atoms with van der Waals surface area (Å²) in [6.07, 6.45) is 0. The molecule has 0 N–H and O–H groups in total. The summed E-state index contributed by atoms with van der Waals surface area (Å²) in [7, 11) is 1.80. The predicted molar refractivity (Wildman–Crippen MR) is 128 cm³/mol. The van der Waals surface area contributed by atoms with E-state index >= 15 is 0 Å². The van der Waals surface area contributed by atoms with Gasteiger partial charge in [0.1, 0.15) is 0 Å². The zero-order chi connectivity index (χ0) is 21.8. The molecule has 31 heavy (non-hydrogen) atoms. The van der Waals surface area contributed by atoms with Gasteiger partial charge in [0.05, 0.1) is 22.7 Å². The SMILES string of the molecule is C[C@H](c1ccccc1)n1c(SCC(=O)N(C)Cc2ccsc2)nc2ccccc2c1=O. The highest BCUT2D eigenvalue weighted by atomic mass is 32.2. The Morgan fingerprint density at radius 3 is 2.61 bits per heavy atom. The summed E-state index contributed by atoms with van der Waals surface area (Å²) in [5.74, 6) is 0.213. The first kappa shape index (κ1) is 21.3. The lowest BCUT2D eigenvalue weighted by atomic mass is 10.1. The Bertz CT molecular complexity index is 1240. The molecule has 2 aromatic carbocycles. The molecule has 4 rings (SSSR count). The van der Waals surface area contributed by atoms with Gasteiger partial charge < -0.3 is 4.90 Å². The summed E-state index contributed by atoms with van der Waals surface area (Å²) in [6, 6.07) is 19.0. The van der Waals surface area contributed by atoms with E-state index in [9.17, 15) is 9.59 Å². The van der Waals surface area contributed by atoms with Gasteiger partial charge in [-0.1, -0.05) is 54.2 Å². The second-order valence-corrected chi connectivity index (χ2v) is 9.07. The summed E-state index contributed by atoms with van der Waals surface area (Å²) in [4.78, 5) is 32.6. The minimum atomic E-state index is -0.202. The van der Waals surface area contributed by atoms with Gasteiger partial charge in [-0.15, -0.1) is 0 Å². The predicted octanol–water partition coefficient (Wildman–Crippen LogP) is 4.82. The monoisotopic (exact) mass is 449 g/mol. The van der Waals surface area contributed by atoms with Crippen LogP contribution < -0.4 is 5.56 Å². The van der Waals surface area contributed by atoms with E-state index in [4.69, 9.17) is 4.98 Å². The van der Waals surface area contributed by atoms with Crippen molar-refractivity contribution in [3.8, 4) is 0 Å². The highest BCUT2D eigenvalue weighted by Gasteiger charge is 2.19. The van der Waals surface area contributed by atoms with Crippen LogP contribution >= 0.6 is 23.1 Å². The van der Waals surface area contributed by atoms with E-state index in [2.05, 4.69) is 0 Å². The molecule has 0 bridgehead atoms. The van der Waals surface area contributed by atoms with Crippen LogP contribution in [0, 0.1) is 0 Å². The number of carbonyl (C=O) groups excluding carboxylic acids is 1. The van der Waals surface area contributed by atoms with Crippen LogP contribution in [0.5, 0.6) is 0 Å². The molecule has 4 aromatic rings. The molecule has 0 radical (unpaired) electrons. The van der Waals surface area contributed by atoms with Crippen LogP contribution in [0.4, 0.5) is 0 Å². The number of amides is 1. The number of fused-ring (bicyclic) bond motifs is 1. The number of aromatic nitrogens is 2. The van der Waals surface area contributed by atoms with Crippen molar-refractivity contribution >= 4 is 39.9 Å². The Morgan fingerprint density at radius 1 is 1.13 bits per heavy atom. The molecule has 0 aliphatic heterocycles. The van der Waals surface area contributed by atoms with Crippen molar-refractivity contribution in [2.45, 2.75) is 24.7 Å². The molecule has 0 saturated carbocycles. The number of nitrogens with zero attached hydrogens (tertiary/aromatic N) is 3. The van der Waals surface area contributed by atoms with Crippen LogP contribution in [0.1, 0.15) is 24.1 Å². The maximum absolute atomic E-state index is 13.4. The van der Waals surface area contributed by atoms with Gasteiger partial charge in [-0.05, 0) is 47.0 Å². The summed E-state index contributed by atoms with van der Waals surface area (Å²) in [5.41, 5.74) is 2.68. The fourth-order valence-corrected chi connectivity index (χ4v) is 5.11. The van der Waals surface area contributed by atoms with Crippen LogP contribution in [-0.2, 0) is 11.3 Å². The molecular weight excluding hydrogens is 426 g/mol. The number of hydrogen-bond acceptors (Lipinski definition) is 5. The molecule has 0 fully saturated rings. The second-order valence-electron chi connectivity index (χ2n) is 7.34. The minimum Gasteiger partial charge on any atom is -0.341 e. The summed E-state index contributed by atoms with van der Waals surface area (Å²) < 4.78 is 1.70. The van der Waals surface area contributed by atoms with Crippen molar-refractivity contribution in [1.29, 1.82) is 0 Å². The maximum atomic E-state index is 13.4. The highest BCUT2D eigenvalue weighted by Crippen LogP contribution is 2.25. The third kappa shape index (κ3) is 4.73. The van der Waals surface area contributed by atoms with Crippen molar-refractivity contribution in [3.63, 3.8) is 0 Å². The van der Waals surface area contributed by atoms with Crippen molar-refractivity contribution in [1.82, 2.24) is 14.5 Å². The van der Waals surface area contributed by atoms with E-state index in [-0.39, 0.29) is 23.3 Å². The largest absolute Gasteiger partial charge is 0.341 e. The Morgan fingerprint density at radius 2 is 1.87 bits per heavy atom. The van der Waals surface area contributed by atoms with Crippen molar-refractivity contribution in [2.24, 2.45) is 0 Å². The topological polar surface area (TPSA) is 55.2 Å². The Balaban J connectivity index is 1.64. The molecule has 1 atom stereocenters. The molecule has 0 spiro atoms. The number of para-hydroxylation sites is 1. The Hall–Kier alpha value is -2.90. The van der Waals surface area contributed by atoms with E-state index in [1.54, 1.807) is 33.9 Å². The van der Waals surface area contributed by atoms with Crippen LogP contribution in [0.25, 0.3) is 10.9 Å². The highest BCUT2D eigenvalue weighted by molar-refractivity contribution is 7.99. The lowest BCUT2D eigenvalue weighted by Crippen LogP contribution is -2.29. The first-order valence-corrected chi connectivity index (χ1v) is 11.9. The fourth-order valence-electron chi connectivity index (χ4n) is 3.43. The zero-order valence-corrected chi connectivity index (χ0v) is 19.0. The summed E-state index contributed by atoms with van der Waals surface area (Å²) >= 11 is 2.93. The molecule has 0 aliphatic rings. The van der Waals surface area contributed by atoms with Crippen LogP contribution in [0.15, 0.2) is 81.4 Å². The summed E-state index contributed by atoms with van der Waals surface area (Å²) in [6.45, 7) is 2.56. The van der Waals surface area contributed by atoms with Crippen LogP contribution in [0.2, 0.25) is 0 Å². The van der Waals surface area contributed by atoms with Gasteiger partial charge in [-0.3, -0.25) is 14.2 Å². The van der Waals surface area contributed by atoms with E-state index in [1.807, 2.05) is 72.3 Å². The average molecular weight is 450 g/mol. The number of hydrogen-bond donors (Lipinski definition) is 0. The van der Waals surface area contributed by atoms with E-state index in [0.29, 0.717) is 22.6 Å². The van der Waals surface area contributed by atoms with Gasteiger partial charge in [-0.2, -0.15) is 11.3 Å². The van der Waals surface area contributed by atoms with Crippen LogP contribution in [-0.4, -0.2) is 33.2 Å². The quantitative estimate of drug-likeness (QED) is 0.300. The number of thiophene rings is 1. The molecule has 2 aromatic heterocycles. The third-order valence-corrected chi connectivity index (χ3v) is 6.86. The number of benzene rings is 2. The maximum Gasteiger partial charge on any atom is 0.262 e. The zero-order valence-electron chi connectivity index (χ0n) is 17.4. The molecule has 0 unspecified atom stereocenters. The molecule has 0 aliphatic carbocycles. The third-order valence-electron chi connectivity index (χ3n) is 5.20. The van der Waals surface area contributed by atoms with Crippen LogP contribution in [0.3, 0.4) is 0 Å². The second kappa shape index (κ2) is 9.49. The molecule has 1 amide bonds. The minimum absolute atomic E-state index is 0.00229.